The van der Waals surface area contributed by atoms with Gasteiger partial charge in [-0.3, -0.25) is 14.3 Å². The summed E-state index contributed by atoms with van der Waals surface area (Å²) in [5, 5.41) is 9.64. The minimum absolute atomic E-state index is 0.0267. The minimum atomic E-state index is 0.0267. The Morgan fingerprint density at radius 2 is 1.84 bits per heavy atom. The lowest BCUT2D eigenvalue weighted by atomic mass is 10.0. The first-order valence-electron chi connectivity index (χ1n) is 10.0. The highest BCUT2D eigenvalue weighted by molar-refractivity contribution is 7.99. The van der Waals surface area contributed by atoms with Crippen molar-refractivity contribution in [3.05, 3.63) is 75.2 Å². The summed E-state index contributed by atoms with van der Waals surface area (Å²) >= 11 is 8.68. The van der Waals surface area contributed by atoms with Gasteiger partial charge >= 0.3 is 0 Å². The van der Waals surface area contributed by atoms with Crippen molar-refractivity contribution in [2.75, 3.05) is 5.75 Å². The lowest BCUT2D eigenvalue weighted by Gasteiger charge is -2.17. The first kappa shape index (κ1) is 21.7. The van der Waals surface area contributed by atoms with Gasteiger partial charge < -0.3 is 0 Å². The van der Waals surface area contributed by atoms with Crippen LogP contribution in [0.3, 0.4) is 0 Å². The smallest absolute Gasteiger partial charge is 0.196 e. The predicted molar refractivity (Wildman–Crippen MR) is 128 cm³/mol. The molecule has 0 saturated carbocycles. The first-order valence-corrected chi connectivity index (χ1v) is 12.2. The molecule has 31 heavy (non-hydrogen) atoms. The highest BCUT2D eigenvalue weighted by Crippen LogP contribution is 2.33. The van der Waals surface area contributed by atoms with Gasteiger partial charge in [0.05, 0.1) is 20.7 Å². The third kappa shape index (κ3) is 4.59. The maximum atomic E-state index is 12.7. The maximum absolute atomic E-state index is 12.7. The van der Waals surface area contributed by atoms with Gasteiger partial charge in [0.2, 0.25) is 0 Å². The molecule has 0 unspecified atom stereocenters. The fraction of sp³-hybridized carbons (Fsp3) is 0.217. The van der Waals surface area contributed by atoms with Gasteiger partial charge in [-0.1, -0.05) is 55.4 Å². The highest BCUT2D eigenvalue weighted by Gasteiger charge is 2.21. The summed E-state index contributed by atoms with van der Waals surface area (Å²) in [5.41, 5.74) is 4.39. The highest BCUT2D eigenvalue weighted by atomic mass is 35.5. The lowest BCUT2D eigenvalue weighted by molar-refractivity contribution is 0.102. The molecule has 0 atom stereocenters. The maximum Gasteiger partial charge on any atom is 0.196 e. The van der Waals surface area contributed by atoms with E-state index in [9.17, 15) is 4.79 Å². The zero-order valence-electron chi connectivity index (χ0n) is 17.2. The van der Waals surface area contributed by atoms with E-state index in [-0.39, 0.29) is 11.5 Å². The third-order valence-electron chi connectivity index (χ3n) is 4.92. The molecule has 0 aliphatic heterocycles. The first-order chi connectivity index (χ1) is 15.1. The lowest BCUT2D eigenvalue weighted by Crippen LogP contribution is -2.08. The summed E-state index contributed by atoms with van der Waals surface area (Å²) < 4.78 is 2.69. The SMILES string of the molecule is CCc1cccc(CC)c1-n1c(SCC(=O)c2ccc(Cl)s2)nnc1-c1cccnc1. The normalized spacial score (nSPS) is 11.1. The molecular weight excluding hydrogens is 448 g/mol. The van der Waals surface area contributed by atoms with Crippen LogP contribution in [0.4, 0.5) is 0 Å². The zero-order chi connectivity index (χ0) is 21.8. The Hall–Kier alpha value is -2.48. The second-order valence-corrected chi connectivity index (χ2v) is 9.49. The molecule has 0 N–H and O–H groups in total. The van der Waals surface area contributed by atoms with Crippen molar-refractivity contribution >= 4 is 40.5 Å². The monoisotopic (exact) mass is 468 g/mol. The second-order valence-electron chi connectivity index (χ2n) is 6.83. The molecule has 3 aromatic heterocycles. The molecule has 0 aliphatic rings. The number of ketones is 1. The number of rotatable bonds is 8. The average Bonchev–Trinajstić information content (AvgIpc) is 3.43. The van der Waals surface area contributed by atoms with Crippen molar-refractivity contribution in [3.63, 3.8) is 0 Å². The summed E-state index contributed by atoms with van der Waals surface area (Å²) in [4.78, 5) is 17.6. The van der Waals surface area contributed by atoms with Gasteiger partial charge in [0.1, 0.15) is 0 Å². The molecule has 5 nitrogen and oxygen atoms in total. The molecule has 0 saturated heterocycles. The summed E-state index contributed by atoms with van der Waals surface area (Å²) in [7, 11) is 0. The Bertz CT molecular complexity index is 1180. The molecule has 3 heterocycles. The molecule has 0 aliphatic carbocycles. The minimum Gasteiger partial charge on any atom is -0.292 e. The van der Waals surface area contributed by atoms with Gasteiger partial charge in [-0.05, 0) is 48.2 Å². The molecular formula is C23H21ClN4OS2. The van der Waals surface area contributed by atoms with Crippen LogP contribution in [0, 0.1) is 0 Å². The number of aryl methyl sites for hydroxylation is 2. The van der Waals surface area contributed by atoms with Gasteiger partial charge in [0.15, 0.2) is 16.8 Å². The van der Waals surface area contributed by atoms with Gasteiger partial charge in [0.25, 0.3) is 0 Å². The van der Waals surface area contributed by atoms with Gasteiger partial charge in [-0.15, -0.1) is 21.5 Å². The fourth-order valence-electron chi connectivity index (χ4n) is 3.41. The predicted octanol–water partition coefficient (Wildman–Crippen LogP) is 6.14. The third-order valence-corrected chi connectivity index (χ3v) is 7.12. The summed E-state index contributed by atoms with van der Waals surface area (Å²) in [6.45, 7) is 4.28. The molecule has 4 aromatic rings. The van der Waals surface area contributed by atoms with Crippen molar-refractivity contribution < 1.29 is 4.79 Å². The number of carbonyl (C=O) groups excluding carboxylic acids is 1. The number of para-hydroxylation sites is 1. The van der Waals surface area contributed by atoms with Crippen LogP contribution in [0.5, 0.6) is 0 Å². The molecule has 4 rings (SSSR count). The molecule has 0 bridgehead atoms. The second kappa shape index (κ2) is 9.77. The average molecular weight is 469 g/mol. The van der Waals surface area contributed by atoms with E-state index in [0.29, 0.717) is 14.4 Å². The van der Waals surface area contributed by atoms with E-state index < -0.39 is 0 Å². The van der Waals surface area contributed by atoms with E-state index in [1.165, 1.54) is 34.2 Å². The van der Waals surface area contributed by atoms with Crippen molar-refractivity contribution in [1.82, 2.24) is 19.7 Å². The van der Waals surface area contributed by atoms with Crippen LogP contribution < -0.4 is 0 Å². The van der Waals surface area contributed by atoms with E-state index >= 15 is 0 Å². The number of thiophene rings is 1. The number of carbonyl (C=O) groups is 1. The number of benzene rings is 1. The number of thioether (sulfide) groups is 1. The van der Waals surface area contributed by atoms with Crippen molar-refractivity contribution in [3.8, 4) is 17.1 Å². The Labute approximate surface area is 194 Å². The van der Waals surface area contributed by atoms with E-state index in [1.54, 1.807) is 24.5 Å². The Morgan fingerprint density at radius 3 is 2.45 bits per heavy atom. The number of pyridine rings is 1. The Kier molecular flexibility index (Phi) is 6.85. The zero-order valence-corrected chi connectivity index (χ0v) is 19.6. The summed E-state index contributed by atoms with van der Waals surface area (Å²) in [6, 6.07) is 13.7. The fourth-order valence-corrected chi connectivity index (χ4v) is 5.31. The van der Waals surface area contributed by atoms with E-state index in [0.717, 1.165) is 29.9 Å². The van der Waals surface area contributed by atoms with Crippen molar-refractivity contribution in [2.45, 2.75) is 31.8 Å². The molecule has 158 valence electrons. The van der Waals surface area contributed by atoms with Crippen LogP contribution in [0.25, 0.3) is 17.1 Å². The van der Waals surface area contributed by atoms with Crippen LogP contribution in [0.15, 0.2) is 60.0 Å². The number of hydrogen-bond acceptors (Lipinski definition) is 6. The molecule has 1 aromatic carbocycles. The van der Waals surface area contributed by atoms with Gasteiger partial charge in [0, 0.05) is 18.0 Å². The van der Waals surface area contributed by atoms with Crippen LogP contribution in [0.2, 0.25) is 4.34 Å². The Morgan fingerprint density at radius 1 is 1.06 bits per heavy atom. The molecule has 0 amide bonds. The molecule has 8 heteroatoms. The standard InChI is InChI=1S/C23H21ClN4OS2/c1-3-15-7-5-8-16(4-2)21(15)28-22(17-9-6-12-25-13-17)26-27-23(28)30-14-18(29)19-10-11-20(24)31-19/h5-13H,3-4,14H2,1-2H3. The topological polar surface area (TPSA) is 60.7 Å². The molecule has 0 spiro atoms. The summed E-state index contributed by atoms with van der Waals surface area (Å²) in [6.07, 6.45) is 5.28. The van der Waals surface area contributed by atoms with Crippen molar-refractivity contribution in [1.29, 1.82) is 0 Å². The Balaban J connectivity index is 1.79. The van der Waals surface area contributed by atoms with Crippen molar-refractivity contribution in [2.24, 2.45) is 0 Å². The van der Waals surface area contributed by atoms with E-state index in [2.05, 4.69) is 51.8 Å². The van der Waals surface area contributed by atoms with Crippen LogP contribution in [-0.2, 0) is 12.8 Å². The number of aromatic nitrogens is 4. The van der Waals surface area contributed by atoms with Gasteiger partial charge in [-0.2, -0.15) is 0 Å². The largest absolute Gasteiger partial charge is 0.292 e. The molecule has 0 fully saturated rings. The number of hydrogen-bond donors (Lipinski definition) is 0. The molecule has 0 radical (unpaired) electrons. The van der Waals surface area contributed by atoms with Crippen LogP contribution in [-0.4, -0.2) is 31.3 Å². The number of nitrogens with zero attached hydrogens (tertiary/aromatic N) is 4. The van der Waals surface area contributed by atoms with Crippen LogP contribution >= 0.6 is 34.7 Å². The number of halogens is 1. The summed E-state index contributed by atoms with van der Waals surface area (Å²) in [5.74, 6) is 1.01. The van der Waals surface area contributed by atoms with Crippen LogP contribution in [0.1, 0.15) is 34.6 Å². The van der Waals surface area contributed by atoms with E-state index in [4.69, 9.17) is 11.6 Å². The van der Waals surface area contributed by atoms with Gasteiger partial charge in [-0.25, -0.2) is 0 Å². The van der Waals surface area contributed by atoms with E-state index in [1.807, 2.05) is 12.1 Å². The number of Topliss-reactive ketones (excluding diaryl/α,β-unsaturated/α-hetero) is 1. The quantitative estimate of drug-likeness (QED) is 0.229.